The van der Waals surface area contributed by atoms with Crippen LogP contribution in [0.2, 0.25) is 0 Å². The van der Waals surface area contributed by atoms with Gasteiger partial charge < -0.3 is 10.0 Å². The van der Waals surface area contributed by atoms with Crippen molar-refractivity contribution >= 4 is 5.78 Å². The summed E-state index contributed by atoms with van der Waals surface area (Å²) in [6.45, 7) is 3.32. The molecule has 0 spiro atoms. The number of Topliss-reactive ketones (excluding diaryl/α,β-unsaturated/α-hetero) is 1. The van der Waals surface area contributed by atoms with Crippen molar-refractivity contribution in [3.8, 4) is 5.75 Å². The molecule has 2 aliphatic carbocycles. The first-order valence-electron chi connectivity index (χ1n) is 9.57. The molecule has 3 aliphatic rings. The van der Waals surface area contributed by atoms with E-state index in [4.69, 9.17) is 0 Å². The molecule has 3 nitrogen and oxygen atoms in total. The topological polar surface area (TPSA) is 40.5 Å². The standard InChI is InChI=1S/C22H27NO2/c1-15-5-10-19-18-3-2-4-22(25)20(18)11-12-21(19)23(15)14-13-16-6-8-17(24)9-7-16/h2-3,6-9,12,15,18-20,24H,4-5,10-11,13-14H2,1H3/t15?,18?,19-,20?/m0/s1. The molecule has 1 heterocycles. The summed E-state index contributed by atoms with van der Waals surface area (Å²) in [5.41, 5.74) is 2.73. The first-order chi connectivity index (χ1) is 12.1. The number of phenolic OH excluding ortho intramolecular Hbond substituents is 1. The van der Waals surface area contributed by atoms with Gasteiger partial charge in [-0.25, -0.2) is 0 Å². The fourth-order valence-electron chi connectivity index (χ4n) is 4.90. The number of aromatic hydroxyl groups is 1. The van der Waals surface area contributed by atoms with Gasteiger partial charge in [-0.2, -0.15) is 0 Å². The summed E-state index contributed by atoms with van der Waals surface area (Å²) in [5.74, 6) is 1.88. The van der Waals surface area contributed by atoms with Crippen molar-refractivity contribution in [1.82, 2.24) is 4.90 Å². The number of rotatable bonds is 3. The lowest BCUT2D eigenvalue weighted by atomic mass is 9.66. The maximum Gasteiger partial charge on any atom is 0.140 e. The van der Waals surface area contributed by atoms with Gasteiger partial charge in [-0.3, -0.25) is 4.79 Å². The number of benzene rings is 1. The zero-order valence-corrected chi connectivity index (χ0v) is 14.9. The van der Waals surface area contributed by atoms with Crippen molar-refractivity contribution in [3.63, 3.8) is 0 Å². The van der Waals surface area contributed by atoms with Gasteiger partial charge in [0.1, 0.15) is 11.5 Å². The Hall–Kier alpha value is -2.03. The Kier molecular flexibility index (Phi) is 4.41. The van der Waals surface area contributed by atoms with Crippen LogP contribution < -0.4 is 0 Å². The minimum absolute atomic E-state index is 0.214. The van der Waals surface area contributed by atoms with Gasteiger partial charge in [0.2, 0.25) is 0 Å². The van der Waals surface area contributed by atoms with E-state index in [9.17, 15) is 9.90 Å². The molecule has 4 rings (SSSR count). The van der Waals surface area contributed by atoms with E-state index in [1.807, 2.05) is 12.1 Å². The average Bonchev–Trinajstić information content (AvgIpc) is 2.62. The molecule has 132 valence electrons. The number of carbonyl (C=O) groups excluding carboxylic acids is 1. The van der Waals surface area contributed by atoms with E-state index < -0.39 is 0 Å². The summed E-state index contributed by atoms with van der Waals surface area (Å²) in [6.07, 6.45) is 11.7. The van der Waals surface area contributed by atoms with Crippen LogP contribution in [-0.2, 0) is 11.2 Å². The number of piperidine rings is 1. The van der Waals surface area contributed by atoms with Crippen molar-refractivity contribution in [2.24, 2.45) is 17.8 Å². The number of hydrogen-bond donors (Lipinski definition) is 1. The predicted molar refractivity (Wildman–Crippen MR) is 99.1 cm³/mol. The molecule has 1 fully saturated rings. The fraction of sp³-hybridized carbons (Fsp3) is 0.500. The minimum Gasteiger partial charge on any atom is -0.508 e. The van der Waals surface area contributed by atoms with Crippen LogP contribution in [0, 0.1) is 17.8 Å². The van der Waals surface area contributed by atoms with Crippen LogP contribution in [0.4, 0.5) is 0 Å². The Morgan fingerprint density at radius 2 is 1.96 bits per heavy atom. The Labute approximate surface area is 150 Å². The molecule has 1 aromatic carbocycles. The monoisotopic (exact) mass is 337 g/mol. The molecule has 1 N–H and O–H groups in total. The molecule has 1 saturated heterocycles. The molecule has 0 amide bonds. The molecule has 1 aromatic rings. The molecular weight excluding hydrogens is 310 g/mol. The lowest BCUT2D eigenvalue weighted by molar-refractivity contribution is -0.124. The molecule has 0 bridgehead atoms. The number of carbonyl (C=O) groups is 1. The van der Waals surface area contributed by atoms with E-state index >= 15 is 0 Å². The van der Waals surface area contributed by atoms with Crippen molar-refractivity contribution in [2.45, 2.75) is 45.1 Å². The summed E-state index contributed by atoms with van der Waals surface area (Å²) < 4.78 is 0. The predicted octanol–water partition coefficient (Wildman–Crippen LogP) is 4.08. The molecular formula is C22H27NO2. The third-order valence-corrected chi connectivity index (χ3v) is 6.32. The first kappa shape index (κ1) is 16.4. The Balaban J connectivity index is 1.52. The highest BCUT2D eigenvalue weighted by Gasteiger charge is 2.42. The number of hydrogen-bond acceptors (Lipinski definition) is 3. The SMILES string of the molecule is CC1CC[C@@H]2C(=CCC3C(=O)CC=CC32)N1CCc1ccc(O)cc1. The van der Waals surface area contributed by atoms with Gasteiger partial charge in [0.15, 0.2) is 0 Å². The number of fused-ring (bicyclic) bond motifs is 3. The van der Waals surface area contributed by atoms with Crippen molar-refractivity contribution in [2.75, 3.05) is 6.54 Å². The highest BCUT2D eigenvalue weighted by atomic mass is 16.3. The van der Waals surface area contributed by atoms with Gasteiger partial charge in [-0.05, 0) is 56.2 Å². The molecule has 0 radical (unpaired) electrons. The Bertz CT molecular complexity index is 703. The summed E-state index contributed by atoms with van der Waals surface area (Å²) in [4.78, 5) is 14.8. The van der Waals surface area contributed by atoms with E-state index in [-0.39, 0.29) is 5.92 Å². The van der Waals surface area contributed by atoms with Gasteiger partial charge in [-0.15, -0.1) is 0 Å². The smallest absolute Gasteiger partial charge is 0.140 e. The van der Waals surface area contributed by atoms with Crippen LogP contribution in [0.3, 0.4) is 0 Å². The number of phenols is 1. The van der Waals surface area contributed by atoms with Gasteiger partial charge in [0.25, 0.3) is 0 Å². The Morgan fingerprint density at radius 1 is 1.16 bits per heavy atom. The lowest BCUT2D eigenvalue weighted by Crippen LogP contribution is -2.46. The molecule has 3 unspecified atom stereocenters. The zero-order chi connectivity index (χ0) is 17.4. The quantitative estimate of drug-likeness (QED) is 0.845. The minimum atomic E-state index is 0.214. The molecule has 0 aromatic heterocycles. The number of ketones is 1. The van der Waals surface area contributed by atoms with E-state index in [0.29, 0.717) is 35.8 Å². The van der Waals surface area contributed by atoms with E-state index in [2.05, 4.69) is 30.1 Å². The van der Waals surface area contributed by atoms with Crippen LogP contribution in [0.1, 0.15) is 38.2 Å². The van der Waals surface area contributed by atoms with E-state index in [1.54, 1.807) is 12.1 Å². The number of likely N-dealkylation sites (tertiary alicyclic amines) is 1. The van der Waals surface area contributed by atoms with E-state index in [1.165, 1.54) is 24.1 Å². The van der Waals surface area contributed by atoms with Gasteiger partial charge in [-0.1, -0.05) is 30.4 Å². The second-order valence-electron chi connectivity index (χ2n) is 7.79. The third-order valence-electron chi connectivity index (χ3n) is 6.32. The summed E-state index contributed by atoms with van der Waals surface area (Å²) in [6, 6.07) is 8.10. The molecule has 3 heteroatoms. The normalized spacial score (nSPS) is 31.3. The van der Waals surface area contributed by atoms with Gasteiger partial charge in [0.05, 0.1) is 0 Å². The molecule has 4 atom stereocenters. The first-order valence-corrected chi connectivity index (χ1v) is 9.57. The summed E-state index contributed by atoms with van der Waals surface area (Å²) in [5, 5.41) is 9.45. The second kappa shape index (κ2) is 6.70. The Morgan fingerprint density at radius 3 is 2.76 bits per heavy atom. The van der Waals surface area contributed by atoms with Crippen LogP contribution in [0.15, 0.2) is 48.2 Å². The van der Waals surface area contributed by atoms with Crippen LogP contribution in [0.5, 0.6) is 5.75 Å². The molecule has 1 aliphatic heterocycles. The average molecular weight is 337 g/mol. The number of nitrogens with zero attached hydrogens (tertiary/aromatic N) is 1. The van der Waals surface area contributed by atoms with Crippen LogP contribution in [-0.4, -0.2) is 28.4 Å². The van der Waals surface area contributed by atoms with Gasteiger partial charge in [0, 0.05) is 36.5 Å². The summed E-state index contributed by atoms with van der Waals surface area (Å²) in [7, 11) is 0. The van der Waals surface area contributed by atoms with Crippen molar-refractivity contribution < 1.29 is 9.90 Å². The highest BCUT2D eigenvalue weighted by molar-refractivity contribution is 5.84. The maximum atomic E-state index is 12.3. The summed E-state index contributed by atoms with van der Waals surface area (Å²) >= 11 is 0. The molecule has 0 saturated carbocycles. The van der Waals surface area contributed by atoms with Gasteiger partial charge >= 0.3 is 0 Å². The third kappa shape index (κ3) is 3.12. The number of allylic oxidation sites excluding steroid dienone is 4. The fourth-order valence-corrected chi connectivity index (χ4v) is 4.90. The largest absolute Gasteiger partial charge is 0.508 e. The van der Waals surface area contributed by atoms with Crippen LogP contribution >= 0.6 is 0 Å². The lowest BCUT2D eigenvalue weighted by Gasteiger charge is -2.48. The molecule has 25 heavy (non-hydrogen) atoms. The van der Waals surface area contributed by atoms with Crippen LogP contribution in [0.25, 0.3) is 0 Å². The van der Waals surface area contributed by atoms with E-state index in [0.717, 1.165) is 19.4 Å². The highest BCUT2D eigenvalue weighted by Crippen LogP contribution is 2.46. The van der Waals surface area contributed by atoms with Crippen molar-refractivity contribution in [3.05, 3.63) is 53.8 Å². The maximum absolute atomic E-state index is 12.3. The second-order valence-corrected chi connectivity index (χ2v) is 7.79. The zero-order valence-electron chi connectivity index (χ0n) is 14.9. The van der Waals surface area contributed by atoms with Crippen molar-refractivity contribution in [1.29, 1.82) is 0 Å².